The molecule has 7 heteroatoms. The van der Waals surface area contributed by atoms with Gasteiger partial charge in [0.05, 0.1) is 30.9 Å². The molecule has 2 aliphatic rings. The van der Waals surface area contributed by atoms with Crippen LogP contribution in [0.2, 0.25) is 0 Å². The molecule has 0 bridgehead atoms. The molecule has 1 aromatic rings. The van der Waals surface area contributed by atoms with Crippen molar-refractivity contribution in [2.24, 2.45) is 11.8 Å². The fraction of sp³-hybridized carbons (Fsp3) is 0.500. The first kappa shape index (κ1) is 19.1. The largest absolute Gasteiger partial charge is 0.496 e. The van der Waals surface area contributed by atoms with Gasteiger partial charge in [-0.15, -0.1) is 0 Å². The van der Waals surface area contributed by atoms with Crippen molar-refractivity contribution >= 4 is 23.6 Å². The van der Waals surface area contributed by atoms with Gasteiger partial charge in [0.25, 0.3) is 0 Å². The molecule has 2 amide bonds. The number of Topliss-reactive ketones (excluding diaryl/α,β-unsaturated/α-hetero) is 1. The lowest BCUT2D eigenvalue weighted by Crippen LogP contribution is -2.33. The molecule has 1 aliphatic carbocycles. The van der Waals surface area contributed by atoms with Crippen LogP contribution in [0.1, 0.15) is 42.5 Å². The Morgan fingerprint density at radius 2 is 1.70 bits per heavy atom. The SMILES string of the molecule is COc1ccccc1C(=O)COC(=O)CCN1C(=O)[C@H]2CCCC[C@H]2C1=O. The third-order valence-electron chi connectivity index (χ3n) is 5.24. The van der Waals surface area contributed by atoms with Gasteiger partial charge in [0, 0.05) is 6.54 Å². The molecule has 27 heavy (non-hydrogen) atoms. The first-order chi connectivity index (χ1) is 13.0. The lowest BCUT2D eigenvalue weighted by atomic mass is 9.81. The molecule has 0 radical (unpaired) electrons. The van der Waals surface area contributed by atoms with Crippen LogP contribution >= 0.6 is 0 Å². The van der Waals surface area contributed by atoms with Gasteiger partial charge in [-0.3, -0.25) is 24.1 Å². The van der Waals surface area contributed by atoms with Crippen molar-refractivity contribution in [2.45, 2.75) is 32.1 Å². The second-order valence-corrected chi connectivity index (χ2v) is 6.86. The van der Waals surface area contributed by atoms with Crippen LogP contribution in [0.25, 0.3) is 0 Å². The lowest BCUT2D eigenvalue weighted by Gasteiger charge is -2.19. The molecule has 1 aromatic carbocycles. The van der Waals surface area contributed by atoms with Crippen LogP contribution in [0.3, 0.4) is 0 Å². The van der Waals surface area contributed by atoms with Gasteiger partial charge in [-0.05, 0) is 25.0 Å². The Kier molecular flexibility index (Phi) is 5.88. The van der Waals surface area contributed by atoms with Crippen LogP contribution < -0.4 is 4.74 Å². The lowest BCUT2D eigenvalue weighted by molar-refractivity contribution is -0.145. The normalized spacial score (nSPS) is 21.7. The number of benzene rings is 1. The monoisotopic (exact) mass is 373 g/mol. The molecule has 7 nitrogen and oxygen atoms in total. The van der Waals surface area contributed by atoms with E-state index in [0.29, 0.717) is 11.3 Å². The van der Waals surface area contributed by atoms with Gasteiger partial charge in [0.1, 0.15) is 5.75 Å². The highest BCUT2D eigenvalue weighted by Gasteiger charge is 2.47. The number of carbonyl (C=O) groups is 4. The number of fused-ring (bicyclic) bond motifs is 1. The minimum Gasteiger partial charge on any atom is -0.496 e. The first-order valence-electron chi connectivity index (χ1n) is 9.20. The molecule has 3 rings (SSSR count). The molecule has 1 saturated carbocycles. The Hall–Kier alpha value is -2.70. The summed E-state index contributed by atoms with van der Waals surface area (Å²) in [5.41, 5.74) is 0.335. The van der Waals surface area contributed by atoms with E-state index < -0.39 is 12.6 Å². The van der Waals surface area contributed by atoms with Crippen LogP contribution in [0.5, 0.6) is 5.75 Å². The fourth-order valence-corrected chi connectivity index (χ4v) is 3.83. The van der Waals surface area contributed by atoms with Gasteiger partial charge in [-0.1, -0.05) is 25.0 Å². The predicted molar refractivity (Wildman–Crippen MR) is 95.1 cm³/mol. The van der Waals surface area contributed by atoms with E-state index in [2.05, 4.69) is 0 Å². The van der Waals surface area contributed by atoms with E-state index in [4.69, 9.17) is 9.47 Å². The quantitative estimate of drug-likeness (QED) is 0.412. The summed E-state index contributed by atoms with van der Waals surface area (Å²) in [6.45, 7) is -0.404. The van der Waals surface area contributed by atoms with Crippen molar-refractivity contribution < 1.29 is 28.7 Å². The summed E-state index contributed by atoms with van der Waals surface area (Å²) < 4.78 is 10.1. The highest BCUT2D eigenvalue weighted by molar-refractivity contribution is 6.05. The van der Waals surface area contributed by atoms with Crippen LogP contribution in [0, 0.1) is 11.8 Å². The van der Waals surface area contributed by atoms with Crippen LogP contribution in [-0.2, 0) is 19.1 Å². The van der Waals surface area contributed by atoms with Crippen molar-refractivity contribution in [2.75, 3.05) is 20.3 Å². The van der Waals surface area contributed by atoms with Gasteiger partial charge in [-0.2, -0.15) is 0 Å². The van der Waals surface area contributed by atoms with Gasteiger partial charge >= 0.3 is 5.97 Å². The number of amides is 2. The maximum atomic E-state index is 12.4. The van der Waals surface area contributed by atoms with E-state index in [-0.39, 0.29) is 42.4 Å². The second kappa shape index (κ2) is 8.33. The number of esters is 1. The maximum absolute atomic E-state index is 12.4. The molecule has 144 valence electrons. The molecular weight excluding hydrogens is 350 g/mol. The van der Waals surface area contributed by atoms with Crippen molar-refractivity contribution in [3.63, 3.8) is 0 Å². The van der Waals surface area contributed by atoms with Crippen molar-refractivity contribution in [3.05, 3.63) is 29.8 Å². The number of ketones is 1. The third-order valence-corrected chi connectivity index (χ3v) is 5.24. The molecule has 2 fully saturated rings. The minimum absolute atomic E-state index is 0.00630. The summed E-state index contributed by atoms with van der Waals surface area (Å²) in [6, 6.07) is 6.68. The van der Waals surface area contributed by atoms with Gasteiger partial charge in [-0.25, -0.2) is 0 Å². The number of hydrogen-bond acceptors (Lipinski definition) is 6. The van der Waals surface area contributed by atoms with E-state index in [9.17, 15) is 19.2 Å². The zero-order valence-corrected chi connectivity index (χ0v) is 15.3. The van der Waals surface area contributed by atoms with E-state index in [1.54, 1.807) is 24.3 Å². The highest BCUT2D eigenvalue weighted by Crippen LogP contribution is 2.37. The van der Waals surface area contributed by atoms with E-state index in [1.807, 2.05) is 0 Å². The molecule has 0 aromatic heterocycles. The number of rotatable bonds is 7. The van der Waals surface area contributed by atoms with E-state index in [1.165, 1.54) is 12.0 Å². The summed E-state index contributed by atoms with van der Waals surface area (Å²) in [4.78, 5) is 50.1. The van der Waals surface area contributed by atoms with Crippen LogP contribution in [0.15, 0.2) is 24.3 Å². The summed E-state index contributed by atoms with van der Waals surface area (Å²) in [6.07, 6.45) is 3.28. The predicted octanol–water partition coefficient (Wildman–Crippen LogP) is 1.99. The number of methoxy groups -OCH3 is 1. The fourth-order valence-electron chi connectivity index (χ4n) is 3.83. The number of hydrogen-bond donors (Lipinski definition) is 0. The highest BCUT2D eigenvalue weighted by atomic mass is 16.5. The topological polar surface area (TPSA) is 90.0 Å². The molecule has 0 spiro atoms. The molecule has 1 aliphatic heterocycles. The Labute approximate surface area is 157 Å². The van der Waals surface area contributed by atoms with Gasteiger partial charge in [0.2, 0.25) is 17.6 Å². The minimum atomic E-state index is -0.617. The molecule has 0 unspecified atom stereocenters. The average Bonchev–Trinajstić information content (AvgIpc) is 2.95. The summed E-state index contributed by atoms with van der Waals surface area (Å²) in [5, 5.41) is 0. The number of imide groups is 1. The molecule has 1 heterocycles. The summed E-state index contributed by atoms with van der Waals surface area (Å²) in [5.74, 6) is -1.39. The van der Waals surface area contributed by atoms with Gasteiger partial charge in [0.15, 0.2) is 6.61 Å². The second-order valence-electron chi connectivity index (χ2n) is 6.86. The van der Waals surface area contributed by atoms with E-state index >= 15 is 0 Å². The Morgan fingerprint density at radius 1 is 1.07 bits per heavy atom. The molecule has 1 saturated heterocycles. The molecule has 0 N–H and O–H groups in total. The summed E-state index contributed by atoms with van der Waals surface area (Å²) in [7, 11) is 1.46. The Bertz CT molecular complexity index is 735. The van der Waals surface area contributed by atoms with Crippen molar-refractivity contribution in [3.8, 4) is 5.75 Å². The smallest absolute Gasteiger partial charge is 0.308 e. The van der Waals surface area contributed by atoms with Crippen LogP contribution in [0.4, 0.5) is 0 Å². The van der Waals surface area contributed by atoms with Gasteiger partial charge < -0.3 is 9.47 Å². The number of carbonyl (C=O) groups excluding carboxylic acids is 4. The first-order valence-corrected chi connectivity index (χ1v) is 9.20. The average molecular weight is 373 g/mol. The number of para-hydroxylation sites is 1. The Balaban J connectivity index is 1.49. The molecular formula is C20H23NO6. The maximum Gasteiger partial charge on any atom is 0.308 e. The zero-order valence-electron chi connectivity index (χ0n) is 15.3. The van der Waals surface area contributed by atoms with Crippen LogP contribution in [-0.4, -0.2) is 48.7 Å². The third kappa shape index (κ3) is 4.02. The summed E-state index contributed by atoms with van der Waals surface area (Å²) >= 11 is 0. The van der Waals surface area contributed by atoms with E-state index in [0.717, 1.165) is 25.7 Å². The number of likely N-dealkylation sites (tertiary alicyclic amines) is 1. The number of ether oxygens (including phenoxy) is 2. The molecule has 2 atom stereocenters. The van der Waals surface area contributed by atoms with Crippen molar-refractivity contribution in [1.82, 2.24) is 4.90 Å². The Morgan fingerprint density at radius 3 is 2.33 bits per heavy atom. The standard InChI is InChI=1S/C20H23NO6/c1-26-17-9-5-4-8-15(17)16(22)12-27-18(23)10-11-21-19(24)13-6-2-3-7-14(13)20(21)25/h4-5,8-9,13-14H,2-3,6-7,10-12H2,1H3/t13-,14+. The van der Waals surface area contributed by atoms with Crippen molar-refractivity contribution in [1.29, 1.82) is 0 Å². The zero-order chi connectivity index (χ0) is 19.4. The number of nitrogens with zero attached hydrogens (tertiary/aromatic N) is 1.